The number of aliphatic hydroxyl groups excluding tert-OH is 1. The average molecular weight is 381 g/mol. The van der Waals surface area contributed by atoms with Crippen LogP contribution in [0.25, 0.3) is 0 Å². The number of β-amino-alcohol motifs (C(OH)–C–C–N with tert-alkyl or cyclic N) is 1. The maximum Gasteiger partial charge on any atom is 0.193 e. The van der Waals surface area contributed by atoms with Crippen molar-refractivity contribution in [3.63, 3.8) is 0 Å². The second kappa shape index (κ2) is 9.71. The van der Waals surface area contributed by atoms with Crippen molar-refractivity contribution in [2.45, 2.75) is 52.3 Å². The van der Waals surface area contributed by atoms with Crippen molar-refractivity contribution in [2.75, 3.05) is 18.4 Å². The van der Waals surface area contributed by atoms with Crippen LogP contribution in [0.5, 0.6) is 0 Å². The second-order valence-corrected chi connectivity index (χ2v) is 7.43. The average Bonchev–Trinajstić information content (AvgIpc) is 3.12. The number of nitrogens with two attached hydrogens (primary N) is 1. The lowest BCUT2D eigenvalue weighted by Gasteiger charge is -2.17. The van der Waals surface area contributed by atoms with E-state index in [4.69, 9.17) is 5.73 Å². The Morgan fingerprint density at radius 1 is 1.07 bits per heavy atom. The number of aliphatic hydroxyl groups is 1. The largest absolute Gasteiger partial charge is 0.392 e. The fourth-order valence-corrected chi connectivity index (χ4v) is 3.80. The number of aryl methyl sites for hydroxylation is 2. The van der Waals surface area contributed by atoms with E-state index in [0.717, 1.165) is 44.6 Å². The maximum absolute atomic E-state index is 9.76. The quantitative estimate of drug-likeness (QED) is 0.509. The van der Waals surface area contributed by atoms with E-state index in [2.05, 4.69) is 65.5 Å². The highest BCUT2D eigenvalue weighted by molar-refractivity contribution is 5.93. The van der Waals surface area contributed by atoms with Gasteiger partial charge in [-0.1, -0.05) is 56.3 Å². The molecule has 0 aliphatic carbocycles. The summed E-state index contributed by atoms with van der Waals surface area (Å²) < 4.78 is 0. The molecule has 5 heteroatoms. The van der Waals surface area contributed by atoms with E-state index < -0.39 is 0 Å². The van der Waals surface area contributed by atoms with Crippen molar-refractivity contribution in [1.82, 2.24) is 4.90 Å². The number of nitrogens with one attached hydrogen (secondary N) is 1. The normalized spacial score (nSPS) is 17.8. The molecule has 3 rings (SSSR count). The van der Waals surface area contributed by atoms with Gasteiger partial charge in [-0.2, -0.15) is 0 Å². The zero-order valence-corrected chi connectivity index (χ0v) is 17.0. The van der Waals surface area contributed by atoms with Gasteiger partial charge in [0, 0.05) is 25.3 Å². The van der Waals surface area contributed by atoms with Crippen LogP contribution in [0.15, 0.2) is 47.5 Å². The van der Waals surface area contributed by atoms with E-state index in [1.807, 2.05) is 6.07 Å². The van der Waals surface area contributed by atoms with E-state index in [9.17, 15) is 5.11 Å². The molecule has 2 aromatic rings. The highest BCUT2D eigenvalue weighted by Gasteiger charge is 2.20. The van der Waals surface area contributed by atoms with E-state index in [1.165, 1.54) is 22.3 Å². The second-order valence-electron chi connectivity index (χ2n) is 7.43. The topological polar surface area (TPSA) is 73.9 Å². The molecular weight excluding hydrogens is 348 g/mol. The minimum Gasteiger partial charge on any atom is -0.392 e. The highest BCUT2D eigenvalue weighted by atomic mass is 16.3. The first-order valence-corrected chi connectivity index (χ1v) is 10.3. The summed E-state index contributed by atoms with van der Waals surface area (Å²) in [5.74, 6) is 0.446. The van der Waals surface area contributed by atoms with Crippen LogP contribution >= 0.6 is 0 Å². The van der Waals surface area contributed by atoms with Crippen LogP contribution in [0.4, 0.5) is 5.69 Å². The van der Waals surface area contributed by atoms with Gasteiger partial charge in [-0.15, -0.1) is 0 Å². The van der Waals surface area contributed by atoms with E-state index in [-0.39, 0.29) is 6.10 Å². The van der Waals surface area contributed by atoms with Crippen LogP contribution in [0, 0.1) is 0 Å². The molecule has 28 heavy (non-hydrogen) atoms. The van der Waals surface area contributed by atoms with Gasteiger partial charge in [-0.25, -0.2) is 4.99 Å². The first kappa shape index (κ1) is 20.4. The van der Waals surface area contributed by atoms with Gasteiger partial charge in [0.15, 0.2) is 5.96 Å². The summed E-state index contributed by atoms with van der Waals surface area (Å²) >= 11 is 0. The van der Waals surface area contributed by atoms with E-state index >= 15 is 0 Å². The number of aliphatic imine (C=N–C) groups is 1. The standard InChI is InChI=1S/C23H32N4O/c1-3-17-10-7-11-18(4-2)22(17)26-23(24)25-14-19-8-5-6-9-20(19)15-27-13-12-21(28)16-27/h5-11,21,28H,3-4,12-16H2,1-2H3,(H3,24,25,26). The Morgan fingerprint density at radius 3 is 2.32 bits per heavy atom. The van der Waals surface area contributed by atoms with E-state index in [0.29, 0.717) is 12.5 Å². The minimum absolute atomic E-state index is 0.198. The SMILES string of the molecule is CCc1cccc(CC)c1NC(N)=NCc1ccccc1CN1CCC(O)C1. The van der Waals surface area contributed by atoms with Gasteiger partial charge in [0.25, 0.3) is 0 Å². The fraction of sp³-hybridized carbons (Fsp3) is 0.435. The molecule has 150 valence electrons. The van der Waals surface area contributed by atoms with Crippen molar-refractivity contribution in [1.29, 1.82) is 0 Å². The number of likely N-dealkylation sites (tertiary alicyclic amines) is 1. The first-order valence-electron chi connectivity index (χ1n) is 10.3. The third-order valence-electron chi connectivity index (χ3n) is 5.43. The van der Waals surface area contributed by atoms with Crippen LogP contribution in [-0.2, 0) is 25.9 Å². The minimum atomic E-state index is -0.198. The van der Waals surface area contributed by atoms with Crippen molar-refractivity contribution in [2.24, 2.45) is 10.7 Å². The molecule has 0 bridgehead atoms. The van der Waals surface area contributed by atoms with Gasteiger partial charge in [0.2, 0.25) is 0 Å². The summed E-state index contributed by atoms with van der Waals surface area (Å²) in [5, 5.41) is 13.1. The molecule has 5 nitrogen and oxygen atoms in total. The third kappa shape index (κ3) is 5.12. The molecule has 0 spiro atoms. The van der Waals surface area contributed by atoms with Gasteiger partial charge in [0.1, 0.15) is 0 Å². The Morgan fingerprint density at radius 2 is 1.71 bits per heavy atom. The van der Waals surface area contributed by atoms with Gasteiger partial charge >= 0.3 is 0 Å². The molecule has 2 aromatic carbocycles. The number of hydrogen-bond acceptors (Lipinski definition) is 3. The number of anilines is 1. The number of para-hydroxylation sites is 1. The number of rotatable bonds is 7. The number of benzene rings is 2. The molecule has 1 atom stereocenters. The summed E-state index contributed by atoms with van der Waals surface area (Å²) in [5.41, 5.74) is 12.2. The smallest absolute Gasteiger partial charge is 0.193 e. The van der Waals surface area contributed by atoms with Crippen molar-refractivity contribution in [3.8, 4) is 0 Å². The molecule has 1 saturated heterocycles. The molecule has 0 saturated carbocycles. The molecule has 1 aliphatic heterocycles. The van der Waals surface area contributed by atoms with Gasteiger partial charge < -0.3 is 16.2 Å². The van der Waals surface area contributed by atoms with Crippen LogP contribution in [-0.4, -0.2) is 35.2 Å². The summed E-state index contributed by atoms with van der Waals surface area (Å²) in [6, 6.07) is 14.7. The Kier molecular flexibility index (Phi) is 7.06. The monoisotopic (exact) mass is 380 g/mol. The summed E-state index contributed by atoms with van der Waals surface area (Å²) in [7, 11) is 0. The molecule has 0 amide bonds. The summed E-state index contributed by atoms with van der Waals surface area (Å²) in [6.07, 6.45) is 2.56. The van der Waals surface area contributed by atoms with Crippen LogP contribution in [0.1, 0.15) is 42.5 Å². The number of hydrogen-bond donors (Lipinski definition) is 3. The van der Waals surface area contributed by atoms with E-state index in [1.54, 1.807) is 0 Å². The number of nitrogens with zero attached hydrogens (tertiary/aromatic N) is 2. The fourth-order valence-electron chi connectivity index (χ4n) is 3.80. The van der Waals surface area contributed by atoms with Crippen LogP contribution in [0.3, 0.4) is 0 Å². The first-order chi connectivity index (χ1) is 13.6. The molecule has 1 fully saturated rings. The molecule has 1 heterocycles. The molecule has 0 radical (unpaired) electrons. The lowest BCUT2D eigenvalue weighted by atomic mass is 10.0. The Hall–Kier alpha value is -2.37. The molecule has 0 aromatic heterocycles. The zero-order chi connectivity index (χ0) is 19.9. The van der Waals surface area contributed by atoms with Crippen molar-refractivity contribution < 1.29 is 5.11 Å². The Balaban J connectivity index is 1.70. The highest BCUT2D eigenvalue weighted by Crippen LogP contribution is 2.22. The number of guanidine groups is 1. The zero-order valence-electron chi connectivity index (χ0n) is 17.0. The molecule has 1 unspecified atom stereocenters. The van der Waals surface area contributed by atoms with Crippen LogP contribution < -0.4 is 11.1 Å². The van der Waals surface area contributed by atoms with Gasteiger partial charge in [-0.3, -0.25) is 4.90 Å². The molecular formula is C23H32N4O. The van der Waals surface area contributed by atoms with Gasteiger partial charge in [-0.05, 0) is 41.5 Å². The third-order valence-corrected chi connectivity index (χ3v) is 5.43. The lowest BCUT2D eigenvalue weighted by Crippen LogP contribution is -2.24. The molecule has 4 N–H and O–H groups in total. The van der Waals surface area contributed by atoms with Crippen LogP contribution in [0.2, 0.25) is 0 Å². The summed E-state index contributed by atoms with van der Waals surface area (Å²) in [6.45, 7) is 7.37. The Labute approximate surface area is 168 Å². The predicted molar refractivity (Wildman–Crippen MR) is 116 cm³/mol. The predicted octanol–water partition coefficient (Wildman–Crippen LogP) is 3.30. The van der Waals surface area contributed by atoms with Crippen molar-refractivity contribution >= 4 is 11.6 Å². The lowest BCUT2D eigenvalue weighted by molar-refractivity contribution is 0.174. The van der Waals surface area contributed by atoms with Crippen molar-refractivity contribution in [3.05, 3.63) is 64.7 Å². The maximum atomic E-state index is 9.76. The Bertz CT molecular complexity index is 796. The van der Waals surface area contributed by atoms with Gasteiger partial charge in [0.05, 0.1) is 12.6 Å². The molecule has 1 aliphatic rings. The summed E-state index contributed by atoms with van der Waals surface area (Å²) in [4.78, 5) is 6.90.